The zero-order valence-corrected chi connectivity index (χ0v) is 11.3. The lowest BCUT2D eigenvalue weighted by atomic mass is 10.1. The highest BCUT2D eigenvalue weighted by Crippen LogP contribution is 2.27. The number of nitrogens with two attached hydrogens (primary N) is 1. The van der Waals surface area contributed by atoms with Crippen LogP contribution in [0.15, 0.2) is 18.2 Å². The van der Waals surface area contributed by atoms with Gasteiger partial charge in [-0.05, 0) is 26.0 Å². The van der Waals surface area contributed by atoms with Crippen LogP contribution in [0.5, 0.6) is 5.75 Å². The highest BCUT2D eigenvalue weighted by atomic mass is 16.5. The van der Waals surface area contributed by atoms with Gasteiger partial charge in [-0.25, -0.2) is 0 Å². The largest absolute Gasteiger partial charge is 0.491 e. The van der Waals surface area contributed by atoms with E-state index in [1.165, 1.54) is 0 Å². The number of nitrogen functional groups attached to an aromatic ring is 1. The van der Waals surface area contributed by atoms with Crippen molar-refractivity contribution >= 4 is 11.6 Å². The van der Waals surface area contributed by atoms with Crippen molar-refractivity contribution in [1.29, 1.82) is 5.26 Å². The van der Waals surface area contributed by atoms with Crippen LogP contribution in [-0.2, 0) is 0 Å². The molecule has 2 N–H and O–H groups in total. The summed E-state index contributed by atoms with van der Waals surface area (Å²) in [5, 5.41) is 8.61. The first-order valence-corrected chi connectivity index (χ1v) is 6.33. The van der Waals surface area contributed by atoms with Gasteiger partial charge in [0.25, 0.3) is 5.91 Å². The van der Waals surface area contributed by atoms with Gasteiger partial charge in [0.1, 0.15) is 0 Å². The van der Waals surface area contributed by atoms with Gasteiger partial charge in [0.2, 0.25) is 0 Å². The van der Waals surface area contributed by atoms with Gasteiger partial charge in [0.05, 0.1) is 30.3 Å². The molecule has 0 atom stereocenters. The summed E-state index contributed by atoms with van der Waals surface area (Å²) < 4.78 is 5.45. The van der Waals surface area contributed by atoms with Gasteiger partial charge in [-0.15, -0.1) is 0 Å². The zero-order chi connectivity index (χ0) is 14.3. The fourth-order valence-electron chi connectivity index (χ4n) is 1.79. The average Bonchev–Trinajstić information content (AvgIpc) is 2.42. The number of nitriles is 1. The zero-order valence-electron chi connectivity index (χ0n) is 11.3. The lowest BCUT2D eigenvalue weighted by molar-refractivity contribution is 0.0764. The van der Waals surface area contributed by atoms with E-state index < -0.39 is 0 Å². The summed E-state index contributed by atoms with van der Waals surface area (Å²) in [7, 11) is 0. The molecule has 1 amide bonds. The summed E-state index contributed by atoms with van der Waals surface area (Å²) in [6.45, 7) is 5.11. The van der Waals surface area contributed by atoms with Gasteiger partial charge in [-0.3, -0.25) is 4.79 Å². The second-order valence-electron chi connectivity index (χ2n) is 3.95. The van der Waals surface area contributed by atoms with E-state index in [-0.39, 0.29) is 5.91 Å². The van der Waals surface area contributed by atoms with Crippen molar-refractivity contribution in [3.05, 3.63) is 23.8 Å². The quantitative estimate of drug-likeness (QED) is 0.795. The molecule has 0 fully saturated rings. The molecule has 5 nitrogen and oxygen atoms in total. The number of anilines is 1. The number of rotatable bonds is 6. The Morgan fingerprint density at radius 3 is 2.79 bits per heavy atom. The van der Waals surface area contributed by atoms with E-state index in [1.807, 2.05) is 19.9 Å². The molecule has 0 bridgehead atoms. The number of amides is 1. The van der Waals surface area contributed by atoms with Gasteiger partial charge in [0.15, 0.2) is 5.75 Å². The van der Waals surface area contributed by atoms with Gasteiger partial charge < -0.3 is 15.4 Å². The van der Waals surface area contributed by atoms with Crippen molar-refractivity contribution in [2.75, 3.05) is 25.4 Å². The average molecular weight is 261 g/mol. The van der Waals surface area contributed by atoms with Crippen LogP contribution in [0.3, 0.4) is 0 Å². The summed E-state index contributed by atoms with van der Waals surface area (Å²) in [4.78, 5) is 14.0. The maximum atomic E-state index is 12.4. The first-order valence-electron chi connectivity index (χ1n) is 6.33. The second kappa shape index (κ2) is 7.27. The third kappa shape index (κ3) is 3.62. The third-order valence-corrected chi connectivity index (χ3v) is 2.73. The Hall–Kier alpha value is -2.22. The fraction of sp³-hybridized carbons (Fsp3) is 0.429. The Morgan fingerprint density at radius 1 is 1.47 bits per heavy atom. The molecule has 1 rings (SSSR count). The summed E-state index contributed by atoms with van der Waals surface area (Å²) in [6.07, 6.45) is 0.311. The van der Waals surface area contributed by atoms with Crippen molar-refractivity contribution in [3.8, 4) is 11.8 Å². The van der Waals surface area contributed by atoms with E-state index in [0.29, 0.717) is 43.1 Å². The minimum absolute atomic E-state index is 0.159. The summed E-state index contributed by atoms with van der Waals surface area (Å²) in [6, 6.07) is 7.16. The maximum Gasteiger partial charge on any atom is 0.257 e. The van der Waals surface area contributed by atoms with E-state index >= 15 is 0 Å². The van der Waals surface area contributed by atoms with Crippen LogP contribution in [0.4, 0.5) is 5.69 Å². The Kier molecular flexibility index (Phi) is 5.68. The smallest absolute Gasteiger partial charge is 0.257 e. The second-order valence-corrected chi connectivity index (χ2v) is 3.95. The molecule has 0 aliphatic heterocycles. The van der Waals surface area contributed by atoms with Gasteiger partial charge in [0, 0.05) is 13.1 Å². The molecule has 0 aromatic heterocycles. The highest BCUT2D eigenvalue weighted by molar-refractivity contribution is 5.98. The van der Waals surface area contributed by atoms with E-state index in [0.717, 1.165) is 0 Å². The lowest BCUT2D eigenvalue weighted by Gasteiger charge is -2.21. The number of hydrogen-bond acceptors (Lipinski definition) is 4. The molecule has 19 heavy (non-hydrogen) atoms. The number of ether oxygens (including phenoxy) is 1. The fourth-order valence-corrected chi connectivity index (χ4v) is 1.79. The highest BCUT2D eigenvalue weighted by Gasteiger charge is 2.19. The number of nitrogens with zero attached hydrogens (tertiary/aromatic N) is 2. The molecular weight excluding hydrogens is 242 g/mol. The molecule has 0 aliphatic carbocycles. The number of benzene rings is 1. The number of carbonyl (C=O) groups is 1. The first-order chi connectivity index (χ1) is 9.15. The Bertz CT molecular complexity index is 480. The SMILES string of the molecule is CCOc1c(N)cccc1C(=O)N(CC)CCC#N. The predicted octanol–water partition coefficient (Wildman–Crippen LogP) is 2.04. The lowest BCUT2D eigenvalue weighted by Crippen LogP contribution is -2.32. The van der Waals surface area contributed by atoms with E-state index in [4.69, 9.17) is 15.7 Å². The molecular formula is C14H19N3O2. The minimum Gasteiger partial charge on any atom is -0.491 e. The molecule has 0 unspecified atom stereocenters. The van der Waals surface area contributed by atoms with E-state index in [9.17, 15) is 4.79 Å². The van der Waals surface area contributed by atoms with Crippen molar-refractivity contribution in [3.63, 3.8) is 0 Å². The molecule has 1 aromatic carbocycles. The monoisotopic (exact) mass is 261 g/mol. The van der Waals surface area contributed by atoms with Crippen LogP contribution in [0.25, 0.3) is 0 Å². The molecule has 0 aliphatic rings. The van der Waals surface area contributed by atoms with E-state index in [2.05, 4.69) is 0 Å². The van der Waals surface area contributed by atoms with Crippen molar-refractivity contribution in [2.45, 2.75) is 20.3 Å². The molecule has 102 valence electrons. The molecule has 0 radical (unpaired) electrons. The molecule has 0 heterocycles. The Balaban J connectivity index is 3.04. The summed E-state index contributed by atoms with van der Waals surface area (Å²) >= 11 is 0. The van der Waals surface area contributed by atoms with Crippen LogP contribution in [0.1, 0.15) is 30.6 Å². The number of carbonyl (C=O) groups excluding carboxylic acids is 1. The van der Waals surface area contributed by atoms with Crippen molar-refractivity contribution < 1.29 is 9.53 Å². The van der Waals surface area contributed by atoms with E-state index in [1.54, 1.807) is 23.1 Å². The molecule has 0 spiro atoms. The van der Waals surface area contributed by atoms with Crippen LogP contribution < -0.4 is 10.5 Å². The van der Waals surface area contributed by atoms with Crippen LogP contribution in [0.2, 0.25) is 0 Å². The van der Waals surface area contributed by atoms with Crippen molar-refractivity contribution in [2.24, 2.45) is 0 Å². The molecule has 1 aromatic rings. The van der Waals surface area contributed by atoms with Gasteiger partial charge in [-0.1, -0.05) is 6.07 Å². The topological polar surface area (TPSA) is 79.3 Å². The summed E-state index contributed by atoms with van der Waals surface area (Å²) in [5.74, 6) is 0.263. The minimum atomic E-state index is -0.159. The predicted molar refractivity (Wildman–Crippen MR) is 73.8 cm³/mol. The maximum absolute atomic E-state index is 12.4. The molecule has 5 heteroatoms. The number of para-hydroxylation sites is 1. The Morgan fingerprint density at radius 2 is 2.21 bits per heavy atom. The van der Waals surface area contributed by atoms with Crippen molar-refractivity contribution in [1.82, 2.24) is 4.90 Å². The van der Waals surface area contributed by atoms with Crippen LogP contribution in [0, 0.1) is 11.3 Å². The van der Waals surface area contributed by atoms with Crippen LogP contribution >= 0.6 is 0 Å². The van der Waals surface area contributed by atoms with Gasteiger partial charge in [-0.2, -0.15) is 5.26 Å². The number of hydrogen-bond donors (Lipinski definition) is 1. The molecule has 0 saturated heterocycles. The first kappa shape index (κ1) is 14.8. The van der Waals surface area contributed by atoms with Gasteiger partial charge >= 0.3 is 0 Å². The molecule has 0 saturated carbocycles. The standard InChI is InChI=1S/C14H19N3O2/c1-3-17(10-6-9-15)14(18)11-7-5-8-12(16)13(11)19-4-2/h5,7-8H,3-4,6,10,16H2,1-2H3. The van der Waals surface area contributed by atoms with Crippen LogP contribution in [-0.4, -0.2) is 30.5 Å². The normalized spacial score (nSPS) is 9.74. The Labute approximate surface area is 113 Å². The summed E-state index contributed by atoms with van der Waals surface area (Å²) in [5.41, 5.74) is 6.73. The third-order valence-electron chi connectivity index (χ3n) is 2.73.